The summed E-state index contributed by atoms with van der Waals surface area (Å²) in [6.45, 7) is 1.69. The number of benzene rings is 1. The number of hydrogen-bond donors (Lipinski definition) is 4. The Kier molecular flexibility index (Phi) is 5.18. The number of nitrogens with zero attached hydrogens (tertiary/aromatic N) is 2. The molecule has 0 spiro atoms. The van der Waals surface area contributed by atoms with Gasteiger partial charge in [0.05, 0.1) is 32.4 Å². The van der Waals surface area contributed by atoms with Crippen LogP contribution in [0, 0.1) is 0 Å². The van der Waals surface area contributed by atoms with Crippen LogP contribution in [0.5, 0.6) is 0 Å². The normalized spacial score (nSPS) is 13.0. The number of carbonyl (C=O) groups is 2. The van der Waals surface area contributed by atoms with E-state index < -0.39 is 11.8 Å². The third kappa shape index (κ3) is 3.93. The summed E-state index contributed by atoms with van der Waals surface area (Å²) in [7, 11) is 0. The molecule has 8 nitrogen and oxygen atoms in total. The Morgan fingerprint density at radius 3 is 2.72 bits per heavy atom. The van der Waals surface area contributed by atoms with Crippen LogP contribution in [-0.4, -0.2) is 28.3 Å². The number of carbonyl (C=O) groups excluding carboxylic acids is 2. The zero-order valence-corrected chi connectivity index (χ0v) is 16.7. The molecule has 0 bridgehead atoms. The molecule has 1 aromatic carbocycles. The predicted octanol–water partition coefficient (Wildman–Crippen LogP) is 2.45. The lowest BCUT2D eigenvalue weighted by Gasteiger charge is -2.19. The average molecular weight is 429 g/mol. The van der Waals surface area contributed by atoms with Crippen molar-refractivity contribution in [3.63, 3.8) is 0 Å². The van der Waals surface area contributed by atoms with Crippen molar-refractivity contribution in [3.05, 3.63) is 57.1 Å². The van der Waals surface area contributed by atoms with Crippen LogP contribution >= 0.6 is 22.9 Å². The Bertz CT molecular complexity index is 1130. The minimum Gasteiger partial charge on any atom is -0.366 e. The van der Waals surface area contributed by atoms with Crippen molar-refractivity contribution < 1.29 is 9.59 Å². The molecule has 2 amide bonds. The Labute approximate surface area is 175 Å². The number of primary amides is 2. The number of anilines is 2. The number of halogens is 1. The topological polar surface area (TPSA) is 136 Å². The van der Waals surface area contributed by atoms with Crippen molar-refractivity contribution in [2.45, 2.75) is 13.0 Å². The number of rotatable bonds is 5. The number of thiophene rings is 1. The lowest BCUT2D eigenvalue weighted by atomic mass is 10.0. The highest BCUT2D eigenvalue weighted by Crippen LogP contribution is 2.32. The van der Waals surface area contributed by atoms with Gasteiger partial charge in [0.25, 0.3) is 5.91 Å². The van der Waals surface area contributed by atoms with E-state index in [1.165, 1.54) is 23.1 Å². The molecule has 0 unspecified atom stereocenters. The monoisotopic (exact) mass is 428 g/mol. The molecule has 6 N–H and O–H groups in total. The SMILES string of the molecule is NC(=O)c1csc(-c2nc(Nc3cc4c(cc3Cl)CNCC4)ncc2C(N)=O)c1. The maximum atomic E-state index is 11.8. The van der Waals surface area contributed by atoms with Crippen LogP contribution in [0.15, 0.2) is 29.8 Å². The summed E-state index contributed by atoms with van der Waals surface area (Å²) >= 11 is 7.66. The molecule has 2 aromatic heterocycles. The molecular formula is C19H17ClN6O2S. The van der Waals surface area contributed by atoms with Gasteiger partial charge in [-0.3, -0.25) is 9.59 Å². The lowest BCUT2D eigenvalue weighted by Crippen LogP contribution is -2.23. The molecule has 148 valence electrons. The first-order valence-electron chi connectivity index (χ1n) is 8.77. The molecule has 0 radical (unpaired) electrons. The highest BCUT2D eigenvalue weighted by molar-refractivity contribution is 7.13. The summed E-state index contributed by atoms with van der Waals surface area (Å²) in [6, 6.07) is 5.48. The second-order valence-corrected chi connectivity index (χ2v) is 7.85. The molecule has 0 atom stereocenters. The van der Waals surface area contributed by atoms with Gasteiger partial charge < -0.3 is 22.1 Å². The van der Waals surface area contributed by atoms with E-state index in [0.717, 1.165) is 25.1 Å². The third-order valence-electron chi connectivity index (χ3n) is 4.59. The summed E-state index contributed by atoms with van der Waals surface area (Å²) in [5, 5.41) is 8.57. The molecule has 3 aromatic rings. The molecule has 1 aliphatic heterocycles. The summed E-state index contributed by atoms with van der Waals surface area (Å²) in [5.74, 6) is -0.967. The van der Waals surface area contributed by atoms with Crippen LogP contribution in [0.4, 0.5) is 11.6 Å². The Morgan fingerprint density at radius 2 is 2.00 bits per heavy atom. The van der Waals surface area contributed by atoms with E-state index in [1.807, 2.05) is 12.1 Å². The van der Waals surface area contributed by atoms with Gasteiger partial charge in [-0.15, -0.1) is 11.3 Å². The fourth-order valence-corrected chi connectivity index (χ4v) is 4.25. The van der Waals surface area contributed by atoms with Crippen LogP contribution in [0.1, 0.15) is 31.8 Å². The molecule has 0 fully saturated rings. The highest BCUT2D eigenvalue weighted by atomic mass is 35.5. The first kappa shape index (κ1) is 19.3. The Balaban J connectivity index is 1.72. The van der Waals surface area contributed by atoms with Gasteiger partial charge in [-0.2, -0.15) is 0 Å². The summed E-state index contributed by atoms with van der Waals surface area (Å²) in [6.07, 6.45) is 2.26. The van der Waals surface area contributed by atoms with Gasteiger partial charge in [0, 0.05) is 18.1 Å². The number of hydrogen-bond acceptors (Lipinski definition) is 7. The first-order valence-corrected chi connectivity index (χ1v) is 10.0. The molecule has 0 saturated heterocycles. The van der Waals surface area contributed by atoms with E-state index >= 15 is 0 Å². The fourth-order valence-electron chi connectivity index (χ4n) is 3.12. The van der Waals surface area contributed by atoms with Crippen LogP contribution in [0.3, 0.4) is 0 Å². The zero-order valence-electron chi connectivity index (χ0n) is 15.2. The fraction of sp³-hybridized carbons (Fsp3) is 0.158. The zero-order chi connectivity index (χ0) is 20.5. The van der Waals surface area contributed by atoms with Crippen molar-refractivity contribution in [2.75, 3.05) is 11.9 Å². The third-order valence-corrected chi connectivity index (χ3v) is 5.84. The lowest BCUT2D eigenvalue weighted by molar-refractivity contribution is 0.0992. The van der Waals surface area contributed by atoms with Gasteiger partial charge in [0.1, 0.15) is 0 Å². The minimum atomic E-state index is -0.667. The number of nitrogens with one attached hydrogen (secondary N) is 2. The van der Waals surface area contributed by atoms with Gasteiger partial charge in [-0.05, 0) is 42.3 Å². The summed E-state index contributed by atoms with van der Waals surface area (Å²) in [5.41, 5.74) is 14.6. The van der Waals surface area contributed by atoms with Gasteiger partial charge in [-0.1, -0.05) is 11.6 Å². The average Bonchev–Trinajstić information content (AvgIpc) is 3.19. The molecule has 0 saturated carbocycles. The van der Waals surface area contributed by atoms with Gasteiger partial charge in [0.2, 0.25) is 11.9 Å². The minimum absolute atomic E-state index is 0.149. The predicted molar refractivity (Wildman–Crippen MR) is 113 cm³/mol. The van der Waals surface area contributed by atoms with Crippen LogP contribution < -0.4 is 22.1 Å². The Hall–Kier alpha value is -3.01. The van der Waals surface area contributed by atoms with E-state index in [0.29, 0.717) is 26.8 Å². The van der Waals surface area contributed by atoms with Crippen LogP contribution in [-0.2, 0) is 13.0 Å². The smallest absolute Gasteiger partial charge is 0.252 e. The number of nitrogens with two attached hydrogens (primary N) is 2. The molecule has 4 rings (SSSR count). The van der Waals surface area contributed by atoms with E-state index in [1.54, 1.807) is 11.4 Å². The van der Waals surface area contributed by atoms with E-state index in [4.69, 9.17) is 23.1 Å². The molecular weight excluding hydrogens is 412 g/mol. The van der Waals surface area contributed by atoms with Gasteiger partial charge in [0.15, 0.2) is 0 Å². The maximum Gasteiger partial charge on any atom is 0.252 e. The van der Waals surface area contributed by atoms with Gasteiger partial charge in [-0.25, -0.2) is 9.97 Å². The van der Waals surface area contributed by atoms with Crippen molar-refractivity contribution in [1.29, 1.82) is 0 Å². The number of amides is 2. The van der Waals surface area contributed by atoms with Crippen molar-refractivity contribution in [2.24, 2.45) is 11.5 Å². The van der Waals surface area contributed by atoms with E-state index in [-0.39, 0.29) is 11.5 Å². The summed E-state index contributed by atoms with van der Waals surface area (Å²) < 4.78 is 0. The molecule has 1 aliphatic rings. The van der Waals surface area contributed by atoms with Crippen molar-refractivity contribution in [3.8, 4) is 10.6 Å². The number of aromatic nitrogens is 2. The van der Waals surface area contributed by atoms with E-state index in [2.05, 4.69) is 20.6 Å². The standard InChI is InChI=1S/C19H17ClN6O2S/c20-13-3-10-6-23-2-1-9(10)4-14(13)25-19-24-7-12(18(22)28)16(26-19)15-5-11(8-29-15)17(21)27/h3-5,7-8,23H,1-2,6H2,(H2,21,27)(H2,22,28)(H,24,25,26). The molecule has 0 aliphatic carbocycles. The second-order valence-electron chi connectivity index (χ2n) is 6.54. The Morgan fingerprint density at radius 1 is 1.17 bits per heavy atom. The molecule has 29 heavy (non-hydrogen) atoms. The molecule has 10 heteroatoms. The largest absolute Gasteiger partial charge is 0.366 e. The van der Waals surface area contributed by atoms with Crippen molar-refractivity contribution in [1.82, 2.24) is 15.3 Å². The summed E-state index contributed by atoms with van der Waals surface area (Å²) in [4.78, 5) is 32.5. The second kappa shape index (κ2) is 7.78. The maximum absolute atomic E-state index is 11.8. The van der Waals surface area contributed by atoms with Gasteiger partial charge >= 0.3 is 0 Å². The van der Waals surface area contributed by atoms with Crippen molar-refractivity contribution >= 4 is 46.4 Å². The number of fused-ring (bicyclic) bond motifs is 1. The molecule has 3 heterocycles. The quantitative estimate of drug-likeness (QED) is 0.492. The first-order chi connectivity index (χ1) is 13.9. The van der Waals surface area contributed by atoms with E-state index in [9.17, 15) is 9.59 Å². The van der Waals surface area contributed by atoms with Crippen LogP contribution in [0.2, 0.25) is 5.02 Å². The highest BCUT2D eigenvalue weighted by Gasteiger charge is 2.18. The van der Waals surface area contributed by atoms with Crippen LogP contribution in [0.25, 0.3) is 10.6 Å².